The molecule has 3 heterocycles. The lowest BCUT2D eigenvalue weighted by molar-refractivity contribution is -0.124. The van der Waals surface area contributed by atoms with Crippen molar-refractivity contribution < 1.29 is 22.7 Å². The van der Waals surface area contributed by atoms with Crippen LogP contribution in [0.4, 0.5) is 11.4 Å². The first-order valence-corrected chi connectivity index (χ1v) is 13.8. The maximum absolute atomic E-state index is 13.5. The summed E-state index contributed by atoms with van der Waals surface area (Å²) in [4.78, 5) is 29.9. The zero-order valence-electron chi connectivity index (χ0n) is 20.0. The van der Waals surface area contributed by atoms with Crippen molar-refractivity contribution >= 4 is 33.2 Å². The summed E-state index contributed by atoms with van der Waals surface area (Å²) >= 11 is 0. The summed E-state index contributed by atoms with van der Waals surface area (Å²) in [7, 11) is -3.52. The van der Waals surface area contributed by atoms with Gasteiger partial charge in [0.05, 0.1) is 23.1 Å². The van der Waals surface area contributed by atoms with Gasteiger partial charge in [0, 0.05) is 38.3 Å². The molecule has 0 spiro atoms. The van der Waals surface area contributed by atoms with Gasteiger partial charge in [-0.2, -0.15) is 4.31 Å². The average Bonchev–Trinajstić information content (AvgIpc) is 3.48. The highest BCUT2D eigenvalue weighted by molar-refractivity contribution is 7.89. The van der Waals surface area contributed by atoms with E-state index in [2.05, 4.69) is 0 Å². The van der Waals surface area contributed by atoms with Gasteiger partial charge in [-0.3, -0.25) is 9.59 Å². The molecule has 0 saturated carbocycles. The summed E-state index contributed by atoms with van der Waals surface area (Å²) in [6.45, 7) is 4.28. The normalized spacial score (nSPS) is 20.8. The van der Waals surface area contributed by atoms with Crippen LogP contribution in [0.2, 0.25) is 0 Å². The van der Waals surface area contributed by atoms with Crippen molar-refractivity contribution in [3.8, 4) is 5.75 Å². The standard InChI is InChI=1S/C26H31N3O5S/c1-2-34-24-9-5-4-8-23(24)29-18-20(17-25(29)30)26(31)28-15-12-19-16-21(10-11-22(19)28)35(32,33)27-13-6-3-7-14-27/h4-5,8-11,16,20H,2-3,6-7,12-15,17-18H2,1H3. The molecule has 1 atom stereocenters. The number of amides is 2. The number of nitrogens with zero attached hydrogens (tertiary/aromatic N) is 3. The Labute approximate surface area is 206 Å². The van der Waals surface area contributed by atoms with Crippen molar-refractivity contribution in [1.82, 2.24) is 4.31 Å². The zero-order chi connectivity index (χ0) is 24.6. The van der Waals surface area contributed by atoms with Crippen molar-refractivity contribution in [1.29, 1.82) is 0 Å². The third-order valence-electron chi connectivity index (χ3n) is 7.10. The molecule has 9 heteroatoms. The van der Waals surface area contributed by atoms with Crippen molar-refractivity contribution in [2.24, 2.45) is 5.92 Å². The zero-order valence-corrected chi connectivity index (χ0v) is 20.8. The number of hydrogen-bond donors (Lipinski definition) is 0. The molecule has 186 valence electrons. The molecular formula is C26H31N3O5S. The Morgan fingerprint density at radius 3 is 2.57 bits per heavy atom. The van der Waals surface area contributed by atoms with Crippen LogP contribution in [0.3, 0.4) is 0 Å². The Hall–Kier alpha value is -2.91. The van der Waals surface area contributed by atoms with Crippen molar-refractivity contribution in [3.05, 3.63) is 48.0 Å². The van der Waals surface area contributed by atoms with Gasteiger partial charge in [0.25, 0.3) is 0 Å². The topological polar surface area (TPSA) is 87.2 Å². The maximum atomic E-state index is 13.5. The Balaban J connectivity index is 1.33. The molecule has 2 aromatic carbocycles. The number of piperidine rings is 1. The van der Waals surface area contributed by atoms with E-state index in [0.717, 1.165) is 30.5 Å². The number of rotatable bonds is 6. The minimum absolute atomic E-state index is 0.0971. The second kappa shape index (κ2) is 9.62. The Bertz CT molecular complexity index is 1240. The molecule has 0 radical (unpaired) electrons. The van der Waals surface area contributed by atoms with E-state index in [4.69, 9.17) is 4.74 Å². The maximum Gasteiger partial charge on any atom is 0.243 e. The lowest BCUT2D eigenvalue weighted by atomic mass is 10.1. The van der Waals surface area contributed by atoms with Gasteiger partial charge in [-0.1, -0.05) is 18.6 Å². The number of benzene rings is 2. The first kappa shape index (κ1) is 23.8. The molecule has 2 amide bonds. The Kier molecular flexibility index (Phi) is 6.55. The molecule has 0 aromatic heterocycles. The van der Waals surface area contributed by atoms with Crippen molar-refractivity contribution in [2.45, 2.75) is 43.9 Å². The molecule has 2 fully saturated rings. The van der Waals surface area contributed by atoms with E-state index in [1.807, 2.05) is 31.2 Å². The number of para-hydroxylation sites is 2. The molecule has 0 N–H and O–H groups in total. The van der Waals surface area contributed by atoms with Gasteiger partial charge in [0.15, 0.2) is 0 Å². The highest BCUT2D eigenvalue weighted by Gasteiger charge is 2.40. The summed E-state index contributed by atoms with van der Waals surface area (Å²) in [5, 5.41) is 0. The average molecular weight is 498 g/mol. The summed E-state index contributed by atoms with van der Waals surface area (Å²) < 4.78 is 33.4. The lowest BCUT2D eigenvalue weighted by Gasteiger charge is -2.26. The molecule has 5 rings (SSSR count). The SMILES string of the molecule is CCOc1ccccc1N1CC(C(=O)N2CCc3cc(S(=O)(=O)N4CCCCC4)ccc32)CC1=O. The van der Waals surface area contributed by atoms with Gasteiger partial charge < -0.3 is 14.5 Å². The molecular weight excluding hydrogens is 466 g/mol. The highest BCUT2D eigenvalue weighted by Crippen LogP contribution is 2.37. The van der Waals surface area contributed by atoms with Gasteiger partial charge in [-0.25, -0.2) is 8.42 Å². The van der Waals surface area contributed by atoms with Crippen LogP contribution in [0, 0.1) is 5.92 Å². The van der Waals surface area contributed by atoms with Crippen LogP contribution in [-0.2, 0) is 26.0 Å². The van der Waals surface area contributed by atoms with Crippen LogP contribution in [0.1, 0.15) is 38.2 Å². The van der Waals surface area contributed by atoms with Crippen molar-refractivity contribution in [2.75, 3.05) is 42.6 Å². The smallest absolute Gasteiger partial charge is 0.243 e. The quantitative estimate of drug-likeness (QED) is 0.612. The van der Waals surface area contributed by atoms with Gasteiger partial charge in [-0.15, -0.1) is 0 Å². The Morgan fingerprint density at radius 1 is 1.03 bits per heavy atom. The van der Waals surface area contributed by atoms with Crippen LogP contribution in [0.15, 0.2) is 47.4 Å². The highest BCUT2D eigenvalue weighted by atomic mass is 32.2. The third-order valence-corrected chi connectivity index (χ3v) is 8.99. The lowest BCUT2D eigenvalue weighted by Crippen LogP contribution is -2.36. The number of hydrogen-bond acceptors (Lipinski definition) is 5. The van der Waals surface area contributed by atoms with E-state index in [-0.39, 0.29) is 18.2 Å². The predicted molar refractivity (Wildman–Crippen MR) is 133 cm³/mol. The summed E-state index contributed by atoms with van der Waals surface area (Å²) in [5.41, 5.74) is 2.29. The molecule has 3 aliphatic heterocycles. The van der Waals surface area contributed by atoms with Crippen LogP contribution >= 0.6 is 0 Å². The van der Waals surface area contributed by atoms with E-state index in [0.29, 0.717) is 55.5 Å². The van der Waals surface area contributed by atoms with E-state index in [1.54, 1.807) is 32.3 Å². The second-order valence-electron chi connectivity index (χ2n) is 9.30. The summed E-state index contributed by atoms with van der Waals surface area (Å²) in [6.07, 6.45) is 3.58. The van der Waals surface area contributed by atoms with Crippen LogP contribution < -0.4 is 14.5 Å². The number of ether oxygens (including phenoxy) is 1. The molecule has 1 unspecified atom stereocenters. The fraction of sp³-hybridized carbons (Fsp3) is 0.462. The first-order valence-electron chi connectivity index (χ1n) is 12.4. The fourth-order valence-electron chi connectivity index (χ4n) is 5.31. The number of carbonyl (C=O) groups is 2. The minimum Gasteiger partial charge on any atom is -0.492 e. The number of anilines is 2. The predicted octanol–water partition coefficient (Wildman–Crippen LogP) is 3.20. The largest absolute Gasteiger partial charge is 0.492 e. The first-order chi connectivity index (χ1) is 16.9. The second-order valence-corrected chi connectivity index (χ2v) is 11.2. The minimum atomic E-state index is -3.52. The monoisotopic (exact) mass is 497 g/mol. The Morgan fingerprint density at radius 2 is 1.80 bits per heavy atom. The number of sulfonamides is 1. The van der Waals surface area contributed by atoms with Gasteiger partial charge in [-0.05, 0) is 62.1 Å². The summed E-state index contributed by atoms with van der Waals surface area (Å²) in [5.74, 6) is -0.0247. The summed E-state index contributed by atoms with van der Waals surface area (Å²) in [6, 6.07) is 12.5. The molecule has 0 aliphatic carbocycles. The van der Waals surface area contributed by atoms with Crippen molar-refractivity contribution in [3.63, 3.8) is 0 Å². The van der Waals surface area contributed by atoms with E-state index in [9.17, 15) is 18.0 Å². The van der Waals surface area contributed by atoms with Crippen LogP contribution in [0.25, 0.3) is 0 Å². The van der Waals surface area contributed by atoms with Crippen LogP contribution in [-0.4, -0.2) is 57.3 Å². The molecule has 2 saturated heterocycles. The van der Waals surface area contributed by atoms with Gasteiger partial charge in [0.1, 0.15) is 5.75 Å². The van der Waals surface area contributed by atoms with E-state index in [1.165, 1.54) is 0 Å². The molecule has 0 bridgehead atoms. The fourth-order valence-corrected chi connectivity index (χ4v) is 6.87. The molecule has 2 aromatic rings. The van der Waals surface area contributed by atoms with E-state index < -0.39 is 15.9 Å². The number of fused-ring (bicyclic) bond motifs is 1. The van der Waals surface area contributed by atoms with Gasteiger partial charge >= 0.3 is 0 Å². The third kappa shape index (κ3) is 4.43. The molecule has 8 nitrogen and oxygen atoms in total. The van der Waals surface area contributed by atoms with Gasteiger partial charge in [0.2, 0.25) is 21.8 Å². The number of carbonyl (C=O) groups excluding carboxylic acids is 2. The molecule has 3 aliphatic rings. The molecule has 35 heavy (non-hydrogen) atoms. The van der Waals surface area contributed by atoms with E-state index >= 15 is 0 Å². The van der Waals surface area contributed by atoms with Crippen LogP contribution in [0.5, 0.6) is 5.75 Å².